The van der Waals surface area contributed by atoms with Crippen LogP contribution in [0.5, 0.6) is 0 Å². The van der Waals surface area contributed by atoms with Gasteiger partial charge in [-0.1, -0.05) is 0 Å². The summed E-state index contributed by atoms with van der Waals surface area (Å²) in [7, 11) is 1.98. The molecule has 0 aliphatic carbocycles. The maximum atomic E-state index is 5.68. The van der Waals surface area contributed by atoms with Gasteiger partial charge in [0.15, 0.2) is 17.3 Å². The van der Waals surface area contributed by atoms with Gasteiger partial charge in [-0.3, -0.25) is 9.78 Å². The van der Waals surface area contributed by atoms with E-state index >= 15 is 0 Å². The van der Waals surface area contributed by atoms with Crippen LogP contribution in [0.25, 0.3) is 28.1 Å². The Balaban J connectivity index is 1.65. The van der Waals surface area contributed by atoms with Crippen molar-refractivity contribution in [3.8, 4) is 17.1 Å². The molecule has 1 unspecified atom stereocenters. The standard InChI is InChI=1S/C22H27N9O/c1-15-14-32-12-11-30(15)19-13-16(17-5-8-24-28(17)2)20-21(25-19)31(18-6-7-23-26-18)27-22(20)29-9-3-4-10-29/h5-8,13,15H,3-4,9-12,14H2,1-2H3,(H,23,26). The van der Waals surface area contributed by atoms with E-state index in [4.69, 9.17) is 14.8 Å². The first-order chi connectivity index (χ1) is 15.7. The summed E-state index contributed by atoms with van der Waals surface area (Å²) in [4.78, 5) is 9.86. The van der Waals surface area contributed by atoms with Crippen LogP contribution in [0.15, 0.2) is 30.6 Å². The van der Waals surface area contributed by atoms with E-state index in [2.05, 4.69) is 44.2 Å². The second-order valence-electron chi connectivity index (χ2n) is 8.56. The number of nitrogens with zero attached hydrogens (tertiary/aromatic N) is 8. The summed E-state index contributed by atoms with van der Waals surface area (Å²) in [6.45, 7) is 6.38. The predicted octanol–water partition coefficient (Wildman–Crippen LogP) is 2.37. The number of morpholine rings is 1. The molecular formula is C22H27N9O. The maximum absolute atomic E-state index is 5.68. The molecule has 0 saturated carbocycles. The van der Waals surface area contributed by atoms with Crippen LogP contribution in [0.1, 0.15) is 19.8 Å². The quantitative estimate of drug-likeness (QED) is 0.528. The Morgan fingerprint density at radius 1 is 1.12 bits per heavy atom. The number of aryl methyl sites for hydroxylation is 1. The molecule has 0 spiro atoms. The summed E-state index contributed by atoms with van der Waals surface area (Å²) in [6, 6.07) is 6.42. The van der Waals surface area contributed by atoms with Crippen LogP contribution in [0.4, 0.5) is 11.6 Å². The summed E-state index contributed by atoms with van der Waals surface area (Å²) < 4.78 is 9.49. The van der Waals surface area contributed by atoms with Crippen LogP contribution in [0.2, 0.25) is 0 Å². The fourth-order valence-electron chi connectivity index (χ4n) is 4.82. The number of pyridine rings is 1. The van der Waals surface area contributed by atoms with Crippen molar-refractivity contribution >= 4 is 22.7 Å². The van der Waals surface area contributed by atoms with E-state index < -0.39 is 0 Å². The molecule has 6 rings (SSSR count). The molecule has 0 amide bonds. The van der Waals surface area contributed by atoms with Crippen LogP contribution < -0.4 is 9.80 Å². The van der Waals surface area contributed by atoms with Gasteiger partial charge in [-0.25, -0.2) is 4.98 Å². The van der Waals surface area contributed by atoms with Crippen molar-refractivity contribution in [2.75, 3.05) is 42.6 Å². The Hall–Kier alpha value is -3.40. The molecule has 2 aliphatic heterocycles. The maximum Gasteiger partial charge on any atom is 0.169 e. The summed E-state index contributed by atoms with van der Waals surface area (Å²) in [5.41, 5.74) is 2.96. The van der Waals surface area contributed by atoms with Gasteiger partial charge >= 0.3 is 0 Å². The van der Waals surface area contributed by atoms with E-state index in [1.165, 1.54) is 12.8 Å². The largest absolute Gasteiger partial charge is 0.377 e. The second-order valence-corrected chi connectivity index (χ2v) is 8.56. The molecule has 4 aromatic rings. The van der Waals surface area contributed by atoms with Crippen LogP contribution in [0, 0.1) is 0 Å². The van der Waals surface area contributed by atoms with Crippen molar-refractivity contribution in [3.63, 3.8) is 0 Å². The molecule has 2 saturated heterocycles. The first kappa shape index (κ1) is 19.3. The Morgan fingerprint density at radius 2 is 2.00 bits per heavy atom. The number of hydrogen-bond donors (Lipinski definition) is 1. The molecule has 10 nitrogen and oxygen atoms in total. The minimum Gasteiger partial charge on any atom is -0.377 e. The predicted molar refractivity (Wildman–Crippen MR) is 122 cm³/mol. The number of rotatable bonds is 4. The van der Waals surface area contributed by atoms with Crippen molar-refractivity contribution < 1.29 is 4.74 Å². The van der Waals surface area contributed by atoms with Crippen LogP contribution >= 0.6 is 0 Å². The third-order valence-corrected chi connectivity index (χ3v) is 6.48. The monoisotopic (exact) mass is 433 g/mol. The number of hydrogen-bond acceptors (Lipinski definition) is 7. The number of H-pyrrole nitrogens is 1. The molecule has 4 aromatic heterocycles. The molecule has 6 heterocycles. The van der Waals surface area contributed by atoms with Crippen molar-refractivity contribution in [1.29, 1.82) is 0 Å². The van der Waals surface area contributed by atoms with E-state index in [1.807, 2.05) is 28.7 Å². The normalized spacial score (nSPS) is 19.4. The van der Waals surface area contributed by atoms with Crippen molar-refractivity contribution in [3.05, 3.63) is 30.6 Å². The average Bonchev–Trinajstić information content (AvgIpc) is 3.59. The van der Waals surface area contributed by atoms with Gasteiger partial charge in [0.1, 0.15) is 5.82 Å². The van der Waals surface area contributed by atoms with Gasteiger partial charge in [-0.05, 0) is 31.9 Å². The van der Waals surface area contributed by atoms with Gasteiger partial charge in [0.05, 0.1) is 36.5 Å². The minimum atomic E-state index is 0.245. The summed E-state index contributed by atoms with van der Waals surface area (Å²) in [6.07, 6.45) is 5.94. The van der Waals surface area contributed by atoms with Crippen molar-refractivity contribution in [1.82, 2.24) is 34.7 Å². The lowest BCUT2D eigenvalue weighted by Crippen LogP contribution is -2.44. The van der Waals surface area contributed by atoms with E-state index in [1.54, 1.807) is 6.20 Å². The lowest BCUT2D eigenvalue weighted by Gasteiger charge is -2.34. The third-order valence-electron chi connectivity index (χ3n) is 6.48. The van der Waals surface area contributed by atoms with E-state index in [0.717, 1.165) is 59.4 Å². The van der Waals surface area contributed by atoms with Crippen LogP contribution in [-0.4, -0.2) is 73.6 Å². The van der Waals surface area contributed by atoms with Crippen molar-refractivity contribution in [2.24, 2.45) is 7.05 Å². The molecule has 32 heavy (non-hydrogen) atoms. The lowest BCUT2D eigenvalue weighted by atomic mass is 10.1. The lowest BCUT2D eigenvalue weighted by molar-refractivity contribution is 0.0985. The fraction of sp³-hybridized carbons (Fsp3) is 0.455. The molecule has 1 N–H and O–H groups in total. The highest BCUT2D eigenvalue weighted by atomic mass is 16.5. The van der Waals surface area contributed by atoms with E-state index in [9.17, 15) is 0 Å². The highest BCUT2D eigenvalue weighted by Gasteiger charge is 2.28. The minimum absolute atomic E-state index is 0.245. The average molecular weight is 434 g/mol. The molecule has 0 aromatic carbocycles. The van der Waals surface area contributed by atoms with Gasteiger partial charge in [-0.15, -0.1) is 5.10 Å². The molecule has 2 fully saturated rings. The third kappa shape index (κ3) is 3.05. The number of aromatic nitrogens is 7. The molecule has 166 valence electrons. The van der Waals surface area contributed by atoms with Gasteiger partial charge < -0.3 is 14.5 Å². The second kappa shape index (κ2) is 7.63. The van der Waals surface area contributed by atoms with E-state index in [0.29, 0.717) is 13.2 Å². The fourth-order valence-corrected chi connectivity index (χ4v) is 4.82. The highest BCUT2D eigenvalue weighted by Crippen LogP contribution is 2.39. The molecule has 0 radical (unpaired) electrons. The Bertz CT molecular complexity index is 1240. The van der Waals surface area contributed by atoms with Gasteiger partial charge in [0.25, 0.3) is 0 Å². The first-order valence-corrected chi connectivity index (χ1v) is 11.2. The number of anilines is 2. The zero-order valence-corrected chi connectivity index (χ0v) is 18.4. The molecule has 10 heteroatoms. The smallest absolute Gasteiger partial charge is 0.169 e. The van der Waals surface area contributed by atoms with Crippen molar-refractivity contribution in [2.45, 2.75) is 25.8 Å². The van der Waals surface area contributed by atoms with Gasteiger partial charge in [-0.2, -0.15) is 14.9 Å². The van der Waals surface area contributed by atoms with Crippen LogP contribution in [-0.2, 0) is 11.8 Å². The Morgan fingerprint density at radius 3 is 2.72 bits per heavy atom. The summed E-state index contributed by atoms with van der Waals surface area (Å²) in [5, 5.41) is 17.8. The molecule has 0 bridgehead atoms. The highest BCUT2D eigenvalue weighted by molar-refractivity contribution is 6.02. The zero-order chi connectivity index (χ0) is 21.7. The number of fused-ring (bicyclic) bond motifs is 1. The zero-order valence-electron chi connectivity index (χ0n) is 18.4. The summed E-state index contributed by atoms with van der Waals surface area (Å²) >= 11 is 0. The first-order valence-electron chi connectivity index (χ1n) is 11.2. The molecule has 2 aliphatic rings. The number of ether oxygens (including phenoxy) is 1. The Kier molecular flexibility index (Phi) is 4.60. The Labute approximate surface area is 185 Å². The van der Waals surface area contributed by atoms with Gasteiger partial charge in [0.2, 0.25) is 0 Å². The topological polar surface area (TPSA) is 92.9 Å². The summed E-state index contributed by atoms with van der Waals surface area (Å²) in [5.74, 6) is 2.70. The molecular weight excluding hydrogens is 406 g/mol. The number of aromatic amines is 1. The van der Waals surface area contributed by atoms with E-state index in [-0.39, 0.29) is 6.04 Å². The SMILES string of the molecule is CC1COCCN1c1cc(-c2ccnn2C)c2c(N3CCCC3)nn(-c3ccn[nH]3)c2n1. The van der Waals surface area contributed by atoms with Gasteiger partial charge in [0, 0.05) is 44.5 Å². The van der Waals surface area contributed by atoms with Crippen LogP contribution in [0.3, 0.4) is 0 Å². The number of nitrogens with one attached hydrogen (secondary N) is 1. The molecule has 1 atom stereocenters.